The molecule has 0 amide bonds. The summed E-state index contributed by atoms with van der Waals surface area (Å²) in [6.45, 7) is 2.06. The molecule has 1 atom stereocenters. The van der Waals surface area contributed by atoms with Crippen LogP contribution in [0.5, 0.6) is 0 Å². The summed E-state index contributed by atoms with van der Waals surface area (Å²) < 4.78 is 0. The number of aliphatic carboxylic acids is 1. The number of carboxylic acid groups (broad SMARTS) is 1. The minimum absolute atomic E-state index is 0.0272. The molecule has 0 radical (unpaired) electrons. The molecule has 0 saturated heterocycles. The first-order valence-electron chi connectivity index (χ1n) is 4.50. The molecule has 0 heterocycles. The fourth-order valence-electron chi connectivity index (χ4n) is 2.24. The summed E-state index contributed by atoms with van der Waals surface area (Å²) in [7, 11) is 1.72. The Morgan fingerprint density at radius 1 is 1.50 bits per heavy atom. The van der Waals surface area contributed by atoms with Crippen LogP contribution in [0.4, 0.5) is 0 Å². The molecule has 0 aromatic carbocycles. The lowest BCUT2D eigenvalue weighted by molar-refractivity contribution is -0.142. The van der Waals surface area contributed by atoms with E-state index in [1.165, 1.54) is 12.8 Å². The summed E-state index contributed by atoms with van der Waals surface area (Å²) in [6.07, 6.45) is 4.40. The fraction of sp³-hybridized carbons (Fsp3) is 0.889. The molecule has 70 valence electrons. The Kier molecular flexibility index (Phi) is 2.73. The van der Waals surface area contributed by atoms with Gasteiger partial charge in [-0.3, -0.25) is 4.79 Å². The molecular weight excluding hydrogens is 154 g/mol. The summed E-state index contributed by atoms with van der Waals surface area (Å²) in [4.78, 5) is 10.9. The van der Waals surface area contributed by atoms with E-state index >= 15 is 0 Å². The van der Waals surface area contributed by atoms with E-state index in [-0.39, 0.29) is 11.5 Å². The van der Waals surface area contributed by atoms with Gasteiger partial charge in [0, 0.05) is 0 Å². The first-order chi connectivity index (χ1) is 5.60. The van der Waals surface area contributed by atoms with Crippen LogP contribution >= 0.6 is 0 Å². The summed E-state index contributed by atoms with van der Waals surface area (Å²) in [5.41, 5.74) is -0.0272. The van der Waals surface area contributed by atoms with Crippen molar-refractivity contribution in [1.29, 1.82) is 0 Å². The molecular formula is C9H17NO2. The Bertz CT molecular complexity index is 173. The van der Waals surface area contributed by atoms with Crippen molar-refractivity contribution in [3.05, 3.63) is 0 Å². The van der Waals surface area contributed by atoms with E-state index in [0.29, 0.717) is 0 Å². The minimum atomic E-state index is -0.720. The number of carbonyl (C=O) groups is 1. The smallest absolute Gasteiger partial charge is 0.321 e. The van der Waals surface area contributed by atoms with Gasteiger partial charge < -0.3 is 10.4 Å². The molecule has 0 aromatic heterocycles. The third kappa shape index (κ3) is 1.61. The monoisotopic (exact) mass is 171 g/mol. The first kappa shape index (κ1) is 9.52. The van der Waals surface area contributed by atoms with Crippen LogP contribution in [0.15, 0.2) is 0 Å². The van der Waals surface area contributed by atoms with E-state index in [2.05, 4.69) is 12.2 Å². The van der Waals surface area contributed by atoms with Gasteiger partial charge in [0.2, 0.25) is 0 Å². The van der Waals surface area contributed by atoms with Gasteiger partial charge in [-0.15, -0.1) is 0 Å². The molecule has 2 N–H and O–H groups in total. The molecule has 0 spiro atoms. The van der Waals surface area contributed by atoms with E-state index in [9.17, 15) is 4.79 Å². The van der Waals surface area contributed by atoms with Crippen LogP contribution in [0, 0.1) is 5.41 Å². The van der Waals surface area contributed by atoms with Crippen LogP contribution < -0.4 is 5.32 Å². The van der Waals surface area contributed by atoms with Gasteiger partial charge in [-0.1, -0.05) is 19.8 Å². The van der Waals surface area contributed by atoms with Gasteiger partial charge in [-0.25, -0.2) is 0 Å². The summed E-state index contributed by atoms with van der Waals surface area (Å²) in [5.74, 6) is -0.720. The largest absolute Gasteiger partial charge is 0.480 e. The zero-order chi connectivity index (χ0) is 9.19. The maximum Gasteiger partial charge on any atom is 0.321 e. The normalized spacial score (nSPS) is 23.8. The average molecular weight is 171 g/mol. The Balaban J connectivity index is 2.69. The predicted octanol–water partition coefficient (Wildman–Crippen LogP) is 1.24. The first-order valence-corrected chi connectivity index (χ1v) is 4.50. The number of carboxylic acids is 1. The van der Waals surface area contributed by atoms with Crippen molar-refractivity contribution in [3.63, 3.8) is 0 Å². The molecule has 12 heavy (non-hydrogen) atoms. The highest BCUT2D eigenvalue weighted by molar-refractivity contribution is 5.74. The topological polar surface area (TPSA) is 49.3 Å². The molecule has 0 bridgehead atoms. The Morgan fingerprint density at radius 3 is 2.33 bits per heavy atom. The van der Waals surface area contributed by atoms with Crippen LogP contribution in [0.3, 0.4) is 0 Å². The number of likely N-dealkylation sites (N-methyl/N-ethyl adjacent to an activating group) is 1. The molecule has 3 heteroatoms. The molecule has 1 rings (SSSR count). The van der Waals surface area contributed by atoms with Gasteiger partial charge in [-0.05, 0) is 25.3 Å². The maximum atomic E-state index is 10.9. The van der Waals surface area contributed by atoms with Crippen molar-refractivity contribution in [2.24, 2.45) is 5.41 Å². The Morgan fingerprint density at radius 2 is 2.00 bits per heavy atom. The summed E-state index contributed by atoms with van der Waals surface area (Å²) in [6, 6.07) is -0.375. The van der Waals surface area contributed by atoms with Gasteiger partial charge in [0.05, 0.1) is 0 Å². The highest BCUT2D eigenvalue weighted by atomic mass is 16.4. The lowest BCUT2D eigenvalue weighted by Crippen LogP contribution is -2.46. The van der Waals surface area contributed by atoms with E-state index in [4.69, 9.17) is 5.11 Å². The molecule has 0 aromatic rings. The van der Waals surface area contributed by atoms with Crippen LogP contribution in [0.25, 0.3) is 0 Å². The minimum Gasteiger partial charge on any atom is -0.480 e. The van der Waals surface area contributed by atoms with Gasteiger partial charge >= 0.3 is 5.97 Å². The molecule has 1 fully saturated rings. The number of hydrogen-bond acceptors (Lipinski definition) is 2. The third-order valence-electron chi connectivity index (χ3n) is 2.98. The van der Waals surface area contributed by atoms with E-state index in [1.54, 1.807) is 7.05 Å². The lowest BCUT2D eigenvalue weighted by Gasteiger charge is -2.30. The van der Waals surface area contributed by atoms with Crippen LogP contribution in [0.2, 0.25) is 0 Å². The standard InChI is InChI=1S/C9H17NO2/c1-9(5-3-4-6-9)7(10-2)8(11)12/h7,10H,3-6H2,1-2H3,(H,11,12). The van der Waals surface area contributed by atoms with E-state index in [1.807, 2.05) is 0 Å². The quantitative estimate of drug-likeness (QED) is 0.671. The maximum absolute atomic E-state index is 10.9. The zero-order valence-corrected chi connectivity index (χ0v) is 7.76. The molecule has 1 unspecified atom stereocenters. The van der Waals surface area contributed by atoms with Crippen LogP contribution in [-0.4, -0.2) is 24.2 Å². The molecule has 1 aliphatic carbocycles. The number of nitrogens with one attached hydrogen (secondary N) is 1. The van der Waals surface area contributed by atoms with Gasteiger partial charge in [0.25, 0.3) is 0 Å². The zero-order valence-electron chi connectivity index (χ0n) is 7.76. The summed E-state index contributed by atoms with van der Waals surface area (Å²) >= 11 is 0. The lowest BCUT2D eigenvalue weighted by atomic mass is 9.81. The second-order valence-corrected chi connectivity index (χ2v) is 3.92. The predicted molar refractivity (Wildman–Crippen MR) is 47.1 cm³/mol. The molecule has 3 nitrogen and oxygen atoms in total. The van der Waals surface area contributed by atoms with Crippen LogP contribution in [-0.2, 0) is 4.79 Å². The summed E-state index contributed by atoms with van der Waals surface area (Å²) in [5, 5.41) is 11.8. The number of hydrogen-bond donors (Lipinski definition) is 2. The van der Waals surface area contributed by atoms with Crippen molar-refractivity contribution in [2.45, 2.75) is 38.6 Å². The highest BCUT2D eigenvalue weighted by Crippen LogP contribution is 2.40. The second-order valence-electron chi connectivity index (χ2n) is 3.92. The molecule has 1 saturated carbocycles. The van der Waals surface area contributed by atoms with E-state index in [0.717, 1.165) is 12.8 Å². The van der Waals surface area contributed by atoms with Crippen molar-refractivity contribution in [3.8, 4) is 0 Å². The van der Waals surface area contributed by atoms with E-state index < -0.39 is 5.97 Å². The second kappa shape index (κ2) is 3.44. The van der Waals surface area contributed by atoms with Crippen molar-refractivity contribution in [1.82, 2.24) is 5.32 Å². The molecule has 0 aliphatic heterocycles. The fourth-order valence-corrected chi connectivity index (χ4v) is 2.24. The number of rotatable bonds is 3. The Labute approximate surface area is 73.2 Å². The van der Waals surface area contributed by atoms with Crippen molar-refractivity contribution in [2.75, 3.05) is 7.05 Å². The van der Waals surface area contributed by atoms with Crippen LogP contribution in [0.1, 0.15) is 32.6 Å². The highest BCUT2D eigenvalue weighted by Gasteiger charge is 2.40. The van der Waals surface area contributed by atoms with Gasteiger partial charge in [0.1, 0.15) is 6.04 Å². The average Bonchev–Trinajstić information content (AvgIpc) is 2.37. The molecule has 1 aliphatic rings. The van der Waals surface area contributed by atoms with Crippen molar-refractivity contribution >= 4 is 5.97 Å². The van der Waals surface area contributed by atoms with Gasteiger partial charge in [0.15, 0.2) is 0 Å². The SMILES string of the molecule is CNC(C(=O)O)C1(C)CCCC1. The van der Waals surface area contributed by atoms with Crippen molar-refractivity contribution < 1.29 is 9.90 Å². The third-order valence-corrected chi connectivity index (χ3v) is 2.98. The Hall–Kier alpha value is -0.570. The van der Waals surface area contributed by atoms with Gasteiger partial charge in [-0.2, -0.15) is 0 Å².